The molecule has 0 bridgehead atoms. The van der Waals surface area contributed by atoms with Gasteiger partial charge in [0.15, 0.2) is 0 Å². The van der Waals surface area contributed by atoms with Crippen molar-refractivity contribution in [1.29, 1.82) is 0 Å². The van der Waals surface area contributed by atoms with Crippen LogP contribution in [0.2, 0.25) is 8.87 Å². The summed E-state index contributed by atoms with van der Waals surface area (Å²) in [6, 6.07) is 0. The van der Waals surface area contributed by atoms with Gasteiger partial charge in [0.2, 0.25) is 0 Å². The van der Waals surface area contributed by atoms with Crippen molar-refractivity contribution in [2.75, 3.05) is 0 Å². The molecule has 0 rings (SSSR count). The van der Waals surface area contributed by atoms with Crippen LogP contribution in [0.5, 0.6) is 0 Å². The van der Waals surface area contributed by atoms with Crippen molar-refractivity contribution in [1.82, 2.24) is 0 Å². The summed E-state index contributed by atoms with van der Waals surface area (Å²) in [5, 5.41) is 0. The van der Waals surface area contributed by atoms with Gasteiger partial charge in [-0.15, -0.1) is 0 Å². The largest absolute Gasteiger partial charge is 2.00 e. The minimum absolute atomic E-state index is 0. The maximum Gasteiger partial charge on any atom is -2.00 e. The Morgan fingerprint density at radius 3 is 1.60 bits per heavy atom. The fourth-order valence-corrected chi connectivity index (χ4v) is 4.89. The number of unbranched alkanes of at least 4 members (excludes halogenated alkanes) is 2. The van der Waals surface area contributed by atoms with Crippen LogP contribution in [0.25, 0.3) is 0 Å². The fraction of sp³-hybridized carbons (Fsp3) is 1.00. The monoisotopic (exact) mass is 266 g/mol. The van der Waals surface area contributed by atoms with E-state index >= 15 is 0 Å². The van der Waals surface area contributed by atoms with Crippen LogP contribution in [0.3, 0.4) is 0 Å². The smallest absolute Gasteiger partial charge is 2.00 e. The zero-order chi connectivity index (χ0) is 6.95. The second-order valence-electron chi connectivity index (χ2n) is 2.46. The molecule has 10 heavy (non-hydrogen) atoms. The third-order valence-electron chi connectivity index (χ3n) is 1.41. The van der Waals surface area contributed by atoms with Crippen LogP contribution < -0.4 is 0 Å². The number of hydrogen-bond donors (Lipinski definition) is 0. The summed E-state index contributed by atoms with van der Waals surface area (Å²) in [7, 11) is 0. The SMILES string of the molecule is CCC[CH2][Sn+2][CH2]CCC.[S-2]. The molecule has 0 aromatic heterocycles. The molecule has 0 aliphatic carbocycles. The van der Waals surface area contributed by atoms with Crippen molar-refractivity contribution in [3.8, 4) is 0 Å². The van der Waals surface area contributed by atoms with Crippen LogP contribution in [0.1, 0.15) is 39.5 Å². The minimum Gasteiger partial charge on any atom is -2.00 e. The number of hydrogen-bond acceptors (Lipinski definition) is 0. The Labute approximate surface area is 82.8 Å². The molecule has 0 saturated heterocycles. The molecule has 0 spiro atoms. The third-order valence-corrected chi connectivity index (χ3v) is 5.45. The standard InChI is InChI=1S/2C4H9.S.Sn/c2*1-3-4-2;;/h2*1,3-4H2,2H3;;/q;;-2;+2. The normalized spacial score (nSPS) is 8.20. The molecule has 0 aliphatic heterocycles. The molecule has 0 nitrogen and oxygen atoms in total. The molecule has 2 heteroatoms. The van der Waals surface area contributed by atoms with Gasteiger partial charge in [-0.05, 0) is 0 Å². The van der Waals surface area contributed by atoms with Crippen LogP contribution in [0, 0.1) is 0 Å². The van der Waals surface area contributed by atoms with Crippen molar-refractivity contribution in [2.45, 2.75) is 48.4 Å². The van der Waals surface area contributed by atoms with E-state index in [1.165, 1.54) is 25.7 Å². The molecule has 0 aromatic carbocycles. The molecule has 0 amide bonds. The van der Waals surface area contributed by atoms with E-state index < -0.39 is 0 Å². The Hall–Kier alpha value is 1.15. The van der Waals surface area contributed by atoms with Crippen LogP contribution >= 0.6 is 0 Å². The average Bonchev–Trinajstić information content (AvgIpc) is 1.89. The van der Waals surface area contributed by atoms with Gasteiger partial charge in [0.1, 0.15) is 0 Å². The summed E-state index contributed by atoms with van der Waals surface area (Å²) >= 11 is 0.149. The molecule has 0 radical (unpaired) electrons. The second kappa shape index (κ2) is 12.8. The molecule has 0 N–H and O–H groups in total. The van der Waals surface area contributed by atoms with Crippen LogP contribution in [0.15, 0.2) is 0 Å². The Morgan fingerprint density at radius 1 is 0.900 bits per heavy atom. The molecule has 0 aliphatic rings. The first kappa shape index (κ1) is 13.7. The first-order valence-electron chi connectivity index (χ1n) is 4.12. The first-order valence-corrected chi connectivity index (χ1v) is 8.16. The molecule has 0 aromatic rings. The quantitative estimate of drug-likeness (QED) is 0.511. The van der Waals surface area contributed by atoms with Crippen molar-refractivity contribution in [2.24, 2.45) is 0 Å². The molecular formula is C8H18SSn. The van der Waals surface area contributed by atoms with E-state index in [2.05, 4.69) is 13.8 Å². The Morgan fingerprint density at radius 2 is 1.30 bits per heavy atom. The van der Waals surface area contributed by atoms with Crippen LogP contribution in [-0.2, 0) is 13.5 Å². The van der Waals surface area contributed by atoms with Gasteiger partial charge in [0, 0.05) is 0 Å². The summed E-state index contributed by atoms with van der Waals surface area (Å²) in [4.78, 5) is 0. The average molecular weight is 265 g/mol. The second-order valence-corrected chi connectivity index (χ2v) is 6.74. The van der Waals surface area contributed by atoms with E-state index in [9.17, 15) is 0 Å². The van der Waals surface area contributed by atoms with Gasteiger partial charge in [0.05, 0.1) is 0 Å². The zero-order valence-electron chi connectivity index (χ0n) is 7.15. The van der Waals surface area contributed by atoms with Crippen molar-refractivity contribution in [3.05, 3.63) is 0 Å². The zero-order valence-corrected chi connectivity index (χ0v) is 10.8. The van der Waals surface area contributed by atoms with Gasteiger partial charge < -0.3 is 13.5 Å². The first-order chi connectivity index (χ1) is 4.41. The molecule has 0 unspecified atom stereocenters. The van der Waals surface area contributed by atoms with E-state index in [1.807, 2.05) is 0 Å². The summed E-state index contributed by atoms with van der Waals surface area (Å²) < 4.78 is 3.25. The van der Waals surface area contributed by atoms with Gasteiger partial charge in [-0.2, -0.15) is 0 Å². The van der Waals surface area contributed by atoms with E-state index in [4.69, 9.17) is 0 Å². The Balaban J connectivity index is 0. The van der Waals surface area contributed by atoms with E-state index in [0.29, 0.717) is 0 Å². The maximum atomic E-state index is 2.29. The topological polar surface area (TPSA) is 0 Å². The summed E-state index contributed by atoms with van der Waals surface area (Å²) in [5.74, 6) is 0. The Bertz CT molecular complexity index is 42.5. The van der Waals surface area contributed by atoms with Crippen LogP contribution in [0.4, 0.5) is 0 Å². The van der Waals surface area contributed by atoms with Gasteiger partial charge in [-0.1, -0.05) is 0 Å². The van der Waals surface area contributed by atoms with E-state index in [-0.39, 0.29) is 34.6 Å². The summed E-state index contributed by atoms with van der Waals surface area (Å²) in [5.41, 5.74) is 0. The van der Waals surface area contributed by atoms with E-state index in [1.54, 1.807) is 8.87 Å². The molecule has 60 valence electrons. The molecule has 0 atom stereocenters. The Kier molecular flexibility index (Phi) is 17.6. The van der Waals surface area contributed by atoms with E-state index in [0.717, 1.165) is 0 Å². The van der Waals surface area contributed by atoms with Gasteiger partial charge in [-0.25, -0.2) is 0 Å². The molecule has 0 heterocycles. The predicted molar refractivity (Wildman–Crippen MR) is 52.5 cm³/mol. The van der Waals surface area contributed by atoms with Crippen molar-refractivity contribution in [3.63, 3.8) is 0 Å². The molecule has 0 saturated carbocycles. The van der Waals surface area contributed by atoms with Gasteiger partial charge in [-0.3, -0.25) is 0 Å². The fourth-order valence-electron chi connectivity index (χ4n) is 0.729. The van der Waals surface area contributed by atoms with Crippen molar-refractivity contribution < 1.29 is 0 Å². The minimum atomic E-state index is 0. The number of rotatable bonds is 6. The van der Waals surface area contributed by atoms with Crippen molar-refractivity contribution >= 4 is 34.6 Å². The summed E-state index contributed by atoms with van der Waals surface area (Å²) in [6.45, 7) is 4.58. The van der Waals surface area contributed by atoms with Crippen LogP contribution in [-0.4, -0.2) is 21.1 Å². The maximum absolute atomic E-state index is 2.29. The predicted octanol–water partition coefficient (Wildman–Crippen LogP) is 3.13. The molecular weight excluding hydrogens is 247 g/mol. The van der Waals surface area contributed by atoms with Gasteiger partial charge >= 0.3 is 69.5 Å². The summed E-state index contributed by atoms with van der Waals surface area (Å²) in [6.07, 6.45) is 5.84. The molecule has 0 fully saturated rings. The third kappa shape index (κ3) is 11.9. The van der Waals surface area contributed by atoms with Gasteiger partial charge in [0.25, 0.3) is 0 Å².